The van der Waals surface area contributed by atoms with Gasteiger partial charge in [-0.15, -0.1) is 12.4 Å². The van der Waals surface area contributed by atoms with Crippen LogP contribution in [-0.4, -0.2) is 32.7 Å². The van der Waals surface area contributed by atoms with Crippen LogP contribution in [0.2, 0.25) is 0 Å². The summed E-state index contributed by atoms with van der Waals surface area (Å²) in [6.07, 6.45) is -5.35. The molecule has 0 aliphatic carbocycles. The minimum atomic E-state index is -6.07. The minimum absolute atomic E-state index is 0. The number of guanidine groups is 1. The number of sulfone groups is 1. The lowest BCUT2D eigenvalue weighted by atomic mass is 9.94. The van der Waals surface area contributed by atoms with Crippen LogP contribution in [0.25, 0.3) is 11.1 Å². The van der Waals surface area contributed by atoms with Crippen LogP contribution in [0.3, 0.4) is 0 Å². The van der Waals surface area contributed by atoms with Gasteiger partial charge in [-0.05, 0) is 24.6 Å². The number of hydrogen-bond donors (Lipinski definition) is 2. The summed E-state index contributed by atoms with van der Waals surface area (Å²) in [6, 6.07) is 6.49. The Labute approximate surface area is 180 Å². The molecule has 4 N–H and O–H groups in total. The van der Waals surface area contributed by atoms with Gasteiger partial charge in [0.25, 0.3) is 5.91 Å². The molecule has 0 spiro atoms. The molecule has 13 heteroatoms. The number of benzene rings is 2. The number of hydrogen-bond acceptors (Lipinski definition) is 3. The molecule has 0 fully saturated rings. The second-order valence-corrected chi connectivity index (χ2v) is 8.43. The van der Waals surface area contributed by atoms with E-state index in [2.05, 4.69) is 4.99 Å². The van der Waals surface area contributed by atoms with E-state index in [9.17, 15) is 35.2 Å². The zero-order chi connectivity index (χ0) is 23.1. The van der Waals surface area contributed by atoms with E-state index in [0.29, 0.717) is 12.1 Å². The Kier molecular flexibility index (Phi) is 7.46. The van der Waals surface area contributed by atoms with Crippen molar-refractivity contribution >= 4 is 34.1 Å². The third-order valence-corrected chi connectivity index (χ3v) is 5.17. The molecular formula is C18H17ClF5N3O3S. The SMILES string of the molecule is Cc1ccc(-c2cc(C(F)(F)C(F)(F)F)c(C(=O)N=C(N)N)cc2S(C)(=O)=O)cc1.Cl. The van der Waals surface area contributed by atoms with Gasteiger partial charge in [0.2, 0.25) is 0 Å². The van der Waals surface area contributed by atoms with Crippen LogP contribution in [-0.2, 0) is 15.8 Å². The lowest BCUT2D eigenvalue weighted by Crippen LogP contribution is -2.35. The van der Waals surface area contributed by atoms with E-state index >= 15 is 0 Å². The number of rotatable bonds is 4. The first-order valence-corrected chi connectivity index (χ1v) is 9.99. The Morgan fingerprint density at radius 3 is 1.94 bits per heavy atom. The fourth-order valence-corrected chi connectivity index (χ4v) is 3.52. The Morgan fingerprint density at radius 2 is 1.52 bits per heavy atom. The lowest BCUT2D eigenvalue weighted by Gasteiger charge is -2.23. The summed E-state index contributed by atoms with van der Waals surface area (Å²) in [5, 5.41) is 0. The number of halogens is 6. The molecule has 170 valence electrons. The maximum atomic E-state index is 14.3. The molecular weight excluding hydrogens is 469 g/mol. The highest BCUT2D eigenvalue weighted by Gasteiger charge is 2.60. The van der Waals surface area contributed by atoms with Crippen molar-refractivity contribution in [2.24, 2.45) is 16.5 Å². The van der Waals surface area contributed by atoms with Crippen LogP contribution in [0.4, 0.5) is 22.0 Å². The second kappa shape index (κ2) is 8.79. The van der Waals surface area contributed by atoms with E-state index in [0.717, 1.165) is 11.8 Å². The number of aryl methyl sites for hydroxylation is 1. The third kappa shape index (κ3) is 5.50. The number of nitrogens with zero attached hydrogens (tertiary/aromatic N) is 1. The normalized spacial score (nSPS) is 12.1. The van der Waals surface area contributed by atoms with Gasteiger partial charge < -0.3 is 11.5 Å². The summed E-state index contributed by atoms with van der Waals surface area (Å²) in [4.78, 5) is 14.5. The van der Waals surface area contributed by atoms with E-state index in [1.165, 1.54) is 24.3 Å². The molecule has 0 saturated carbocycles. The molecule has 6 nitrogen and oxygen atoms in total. The van der Waals surface area contributed by atoms with Crippen LogP contribution in [0.1, 0.15) is 21.5 Å². The predicted octanol–water partition coefficient (Wildman–Crippen LogP) is 3.56. The monoisotopic (exact) mass is 485 g/mol. The maximum Gasteiger partial charge on any atom is 0.458 e. The van der Waals surface area contributed by atoms with Crippen molar-refractivity contribution in [3.05, 3.63) is 53.1 Å². The van der Waals surface area contributed by atoms with Crippen LogP contribution in [0, 0.1) is 6.92 Å². The highest BCUT2D eigenvalue weighted by atomic mass is 35.5. The molecule has 0 heterocycles. The van der Waals surface area contributed by atoms with Crippen molar-refractivity contribution in [2.45, 2.75) is 23.9 Å². The largest absolute Gasteiger partial charge is 0.458 e. The minimum Gasteiger partial charge on any atom is -0.370 e. The lowest BCUT2D eigenvalue weighted by molar-refractivity contribution is -0.289. The first-order chi connectivity index (χ1) is 13.6. The highest BCUT2D eigenvalue weighted by Crippen LogP contribution is 2.47. The maximum absolute atomic E-state index is 14.3. The van der Waals surface area contributed by atoms with Crippen molar-refractivity contribution in [2.75, 3.05) is 6.26 Å². The van der Waals surface area contributed by atoms with Crippen LogP contribution in [0.15, 0.2) is 46.3 Å². The van der Waals surface area contributed by atoms with Crippen molar-refractivity contribution in [1.82, 2.24) is 0 Å². The Morgan fingerprint density at radius 1 is 1.00 bits per heavy atom. The van der Waals surface area contributed by atoms with E-state index in [-0.39, 0.29) is 18.0 Å². The molecule has 2 aromatic rings. The molecule has 2 aromatic carbocycles. The standard InChI is InChI=1S/C18H16F5N3O3S.ClH/c1-9-3-5-10(6-4-9)11-7-13(17(19,20)18(21,22)23)12(15(27)26-16(24)25)8-14(11)30(2,28)29;/h3-8H,1-2H3,(H4,24,25,26,27);1H. The number of carbonyl (C=O) groups excluding carboxylic acids is 1. The summed E-state index contributed by atoms with van der Waals surface area (Å²) in [5.74, 6) is -8.04. The summed E-state index contributed by atoms with van der Waals surface area (Å²) in [5.41, 5.74) is 7.33. The molecule has 0 saturated heterocycles. The van der Waals surface area contributed by atoms with Crippen molar-refractivity contribution < 1.29 is 35.2 Å². The van der Waals surface area contributed by atoms with Gasteiger partial charge >= 0.3 is 12.1 Å². The van der Waals surface area contributed by atoms with Gasteiger partial charge in [-0.3, -0.25) is 4.79 Å². The summed E-state index contributed by atoms with van der Waals surface area (Å²) in [6.45, 7) is 1.70. The predicted molar refractivity (Wildman–Crippen MR) is 107 cm³/mol. The topological polar surface area (TPSA) is 116 Å². The van der Waals surface area contributed by atoms with E-state index in [1.54, 1.807) is 6.92 Å². The molecule has 0 bridgehead atoms. The molecule has 0 aliphatic heterocycles. The molecule has 0 atom stereocenters. The van der Waals surface area contributed by atoms with Gasteiger partial charge in [-0.2, -0.15) is 26.9 Å². The van der Waals surface area contributed by atoms with E-state index in [1.807, 2.05) is 0 Å². The molecule has 2 rings (SSSR count). The Hall–Kier alpha value is -2.73. The van der Waals surface area contributed by atoms with Crippen molar-refractivity contribution in [1.29, 1.82) is 0 Å². The van der Waals surface area contributed by atoms with Gasteiger partial charge in [-0.25, -0.2) is 8.42 Å². The van der Waals surface area contributed by atoms with Gasteiger partial charge in [0.05, 0.1) is 10.5 Å². The number of alkyl halides is 5. The smallest absolute Gasteiger partial charge is 0.370 e. The molecule has 0 unspecified atom stereocenters. The van der Waals surface area contributed by atoms with Crippen LogP contribution >= 0.6 is 12.4 Å². The van der Waals surface area contributed by atoms with Gasteiger partial charge in [0.1, 0.15) is 0 Å². The van der Waals surface area contributed by atoms with Crippen molar-refractivity contribution in [3.8, 4) is 11.1 Å². The Balaban J connectivity index is 0.00000480. The average Bonchev–Trinajstić information content (AvgIpc) is 2.59. The number of nitrogens with two attached hydrogens (primary N) is 2. The number of carbonyl (C=O) groups is 1. The second-order valence-electron chi connectivity index (χ2n) is 6.45. The average molecular weight is 486 g/mol. The fourth-order valence-electron chi connectivity index (χ4n) is 2.61. The third-order valence-electron chi connectivity index (χ3n) is 4.04. The number of amides is 1. The van der Waals surface area contributed by atoms with Crippen LogP contribution in [0.5, 0.6) is 0 Å². The van der Waals surface area contributed by atoms with Gasteiger partial charge in [0.15, 0.2) is 15.8 Å². The molecule has 1 amide bonds. The molecule has 0 aromatic heterocycles. The zero-order valence-electron chi connectivity index (χ0n) is 16.0. The van der Waals surface area contributed by atoms with Crippen LogP contribution < -0.4 is 11.5 Å². The first kappa shape index (κ1) is 26.3. The molecule has 0 aliphatic rings. The van der Waals surface area contributed by atoms with Gasteiger partial charge in [-0.1, -0.05) is 29.8 Å². The van der Waals surface area contributed by atoms with Gasteiger partial charge in [0, 0.05) is 17.4 Å². The summed E-state index contributed by atoms with van der Waals surface area (Å²) < 4.78 is 92.3. The first-order valence-electron chi connectivity index (χ1n) is 8.10. The zero-order valence-corrected chi connectivity index (χ0v) is 17.6. The highest BCUT2D eigenvalue weighted by molar-refractivity contribution is 7.90. The van der Waals surface area contributed by atoms with Crippen molar-refractivity contribution in [3.63, 3.8) is 0 Å². The summed E-state index contributed by atoms with van der Waals surface area (Å²) in [7, 11) is -4.16. The van der Waals surface area contributed by atoms with E-state index < -0.39 is 55.4 Å². The fraction of sp³-hybridized carbons (Fsp3) is 0.222. The Bertz CT molecular complexity index is 1130. The quantitative estimate of drug-likeness (QED) is 0.390. The summed E-state index contributed by atoms with van der Waals surface area (Å²) >= 11 is 0. The number of aliphatic imine (C=N–C) groups is 1. The molecule has 31 heavy (non-hydrogen) atoms. The van der Waals surface area contributed by atoms with E-state index in [4.69, 9.17) is 11.5 Å². The molecule has 0 radical (unpaired) electrons.